The molecule has 0 saturated carbocycles. The van der Waals surface area contributed by atoms with Gasteiger partial charge in [-0.3, -0.25) is 0 Å². The highest BCUT2D eigenvalue weighted by atomic mass is 35.7. The molecule has 0 radical (unpaired) electrons. The number of hydrogen-bond donors (Lipinski definition) is 0. The molecule has 0 aliphatic heterocycles. The first kappa shape index (κ1) is 13.5. The lowest BCUT2D eigenvalue weighted by atomic mass is 9.97. The normalized spacial score (nSPS) is 13.7. The molecule has 0 aliphatic rings. The second-order valence-electron chi connectivity index (χ2n) is 4.04. The predicted octanol–water partition coefficient (Wildman–Crippen LogP) is 3.31. The van der Waals surface area contributed by atoms with Crippen LogP contribution >= 0.6 is 10.7 Å². The summed E-state index contributed by atoms with van der Waals surface area (Å²) in [5, 5.41) is 0. The lowest BCUT2D eigenvalue weighted by Crippen LogP contribution is -2.01. The van der Waals surface area contributed by atoms with Crippen molar-refractivity contribution in [2.24, 2.45) is 0 Å². The van der Waals surface area contributed by atoms with Gasteiger partial charge in [0.25, 0.3) is 0 Å². The highest BCUT2D eigenvalue weighted by Crippen LogP contribution is 2.19. The van der Waals surface area contributed by atoms with Crippen LogP contribution < -0.4 is 0 Å². The zero-order valence-electron chi connectivity index (χ0n) is 9.61. The van der Waals surface area contributed by atoms with Gasteiger partial charge in [0.2, 0.25) is 9.05 Å². The predicted molar refractivity (Wildman–Crippen MR) is 68.5 cm³/mol. The lowest BCUT2D eigenvalue weighted by molar-refractivity contribution is 0.609. The Morgan fingerprint density at radius 2 is 1.81 bits per heavy atom. The Bertz CT molecular complexity index is 423. The van der Waals surface area contributed by atoms with Crippen LogP contribution in [-0.4, -0.2) is 14.2 Å². The summed E-state index contributed by atoms with van der Waals surface area (Å²) >= 11 is 0. The van der Waals surface area contributed by atoms with Crippen LogP contribution in [0, 0.1) is 0 Å². The highest BCUT2D eigenvalue weighted by molar-refractivity contribution is 8.13. The molecule has 0 spiro atoms. The first-order chi connectivity index (χ1) is 7.42. The maximum atomic E-state index is 10.8. The molecule has 90 valence electrons. The third-order valence-corrected chi connectivity index (χ3v) is 3.95. The zero-order valence-corrected chi connectivity index (χ0v) is 11.2. The van der Waals surface area contributed by atoms with Crippen molar-refractivity contribution in [2.45, 2.75) is 32.6 Å². The molecule has 1 aromatic carbocycles. The van der Waals surface area contributed by atoms with Crippen LogP contribution in [0.1, 0.15) is 37.3 Å². The monoisotopic (exact) mass is 260 g/mol. The van der Waals surface area contributed by atoms with Gasteiger partial charge < -0.3 is 0 Å². The smallest absolute Gasteiger partial charge is 0.212 e. The van der Waals surface area contributed by atoms with Crippen molar-refractivity contribution < 1.29 is 8.42 Å². The van der Waals surface area contributed by atoms with E-state index in [1.165, 1.54) is 5.56 Å². The first-order valence-electron chi connectivity index (χ1n) is 5.43. The largest absolute Gasteiger partial charge is 0.232 e. The second kappa shape index (κ2) is 5.69. The van der Waals surface area contributed by atoms with E-state index in [0.29, 0.717) is 12.3 Å². The van der Waals surface area contributed by atoms with Crippen molar-refractivity contribution in [3.63, 3.8) is 0 Å². The molecule has 4 heteroatoms. The lowest BCUT2D eigenvalue weighted by Gasteiger charge is -2.09. The van der Waals surface area contributed by atoms with E-state index < -0.39 is 9.05 Å². The average Bonchev–Trinajstić information content (AvgIpc) is 2.25. The molecule has 0 aromatic heterocycles. The van der Waals surface area contributed by atoms with Crippen LogP contribution in [0.15, 0.2) is 24.3 Å². The van der Waals surface area contributed by atoms with Gasteiger partial charge in [0.1, 0.15) is 0 Å². The molecule has 1 aromatic rings. The molecule has 0 N–H and O–H groups in total. The standard InChI is InChI=1S/C12H17ClO2S/c1-3-10(2)12-6-4-11(5-7-12)8-9-16(13,14)15/h4-7,10H,3,8-9H2,1-2H3. The molecule has 0 aliphatic carbocycles. The molecule has 1 atom stereocenters. The third-order valence-electron chi connectivity index (χ3n) is 2.80. The molecular formula is C12H17ClO2S. The minimum absolute atomic E-state index is 0.00274. The minimum Gasteiger partial charge on any atom is -0.212 e. The molecular weight excluding hydrogens is 244 g/mol. The molecule has 0 bridgehead atoms. The number of rotatable bonds is 5. The van der Waals surface area contributed by atoms with E-state index in [4.69, 9.17) is 10.7 Å². The highest BCUT2D eigenvalue weighted by Gasteiger charge is 2.06. The Kier molecular flexibility index (Phi) is 4.81. The summed E-state index contributed by atoms with van der Waals surface area (Å²) in [5.41, 5.74) is 2.30. The molecule has 16 heavy (non-hydrogen) atoms. The quantitative estimate of drug-likeness (QED) is 0.761. The molecule has 0 saturated heterocycles. The van der Waals surface area contributed by atoms with E-state index >= 15 is 0 Å². The second-order valence-corrected chi connectivity index (χ2v) is 6.94. The van der Waals surface area contributed by atoms with Gasteiger partial charge in [-0.05, 0) is 29.9 Å². The van der Waals surface area contributed by atoms with E-state index in [2.05, 4.69) is 26.0 Å². The Labute approximate surface area is 102 Å². The van der Waals surface area contributed by atoms with E-state index in [-0.39, 0.29) is 5.75 Å². The van der Waals surface area contributed by atoms with Gasteiger partial charge in [-0.15, -0.1) is 0 Å². The van der Waals surface area contributed by atoms with Gasteiger partial charge in [-0.2, -0.15) is 0 Å². The third kappa shape index (κ3) is 4.54. The molecule has 0 amide bonds. The summed E-state index contributed by atoms with van der Waals surface area (Å²) < 4.78 is 21.6. The van der Waals surface area contributed by atoms with Gasteiger partial charge >= 0.3 is 0 Å². The summed E-state index contributed by atoms with van der Waals surface area (Å²) in [7, 11) is 1.78. The molecule has 1 rings (SSSR count). The van der Waals surface area contributed by atoms with E-state index in [1.807, 2.05) is 12.1 Å². The van der Waals surface area contributed by atoms with Crippen LogP contribution in [0.25, 0.3) is 0 Å². The Balaban J connectivity index is 2.65. The Hall–Kier alpha value is -0.540. The summed E-state index contributed by atoms with van der Waals surface area (Å²) in [6, 6.07) is 8.07. The van der Waals surface area contributed by atoms with Crippen LogP contribution in [0.2, 0.25) is 0 Å². The zero-order chi connectivity index (χ0) is 12.2. The Morgan fingerprint density at radius 3 is 2.25 bits per heavy atom. The van der Waals surface area contributed by atoms with Crippen molar-refractivity contribution in [1.82, 2.24) is 0 Å². The molecule has 0 heterocycles. The molecule has 0 fully saturated rings. The van der Waals surface area contributed by atoms with Crippen LogP contribution in [0.4, 0.5) is 0 Å². The maximum absolute atomic E-state index is 10.8. The van der Waals surface area contributed by atoms with Crippen molar-refractivity contribution in [3.8, 4) is 0 Å². The molecule has 1 unspecified atom stereocenters. The molecule has 2 nitrogen and oxygen atoms in total. The number of hydrogen-bond acceptors (Lipinski definition) is 2. The average molecular weight is 261 g/mol. The summed E-state index contributed by atoms with van der Waals surface area (Å²) in [6.07, 6.45) is 1.59. The van der Waals surface area contributed by atoms with Gasteiger partial charge in [0, 0.05) is 10.7 Å². The van der Waals surface area contributed by atoms with Crippen LogP contribution in [0.3, 0.4) is 0 Å². The minimum atomic E-state index is -3.38. The first-order valence-corrected chi connectivity index (χ1v) is 7.91. The number of aryl methyl sites for hydroxylation is 1. The summed E-state index contributed by atoms with van der Waals surface area (Å²) in [5.74, 6) is 0.544. The van der Waals surface area contributed by atoms with Gasteiger partial charge in [-0.1, -0.05) is 38.1 Å². The van der Waals surface area contributed by atoms with E-state index in [1.54, 1.807) is 0 Å². The summed E-state index contributed by atoms with van der Waals surface area (Å²) in [6.45, 7) is 4.33. The number of benzene rings is 1. The topological polar surface area (TPSA) is 34.1 Å². The van der Waals surface area contributed by atoms with Crippen molar-refractivity contribution in [1.29, 1.82) is 0 Å². The van der Waals surface area contributed by atoms with Crippen LogP contribution in [0.5, 0.6) is 0 Å². The van der Waals surface area contributed by atoms with E-state index in [0.717, 1.165) is 12.0 Å². The SMILES string of the molecule is CCC(C)c1ccc(CCS(=O)(=O)Cl)cc1. The fourth-order valence-electron chi connectivity index (χ4n) is 1.49. The maximum Gasteiger partial charge on any atom is 0.232 e. The van der Waals surface area contributed by atoms with Crippen LogP contribution in [-0.2, 0) is 15.5 Å². The number of halogens is 1. The van der Waals surface area contributed by atoms with Gasteiger partial charge in [0.05, 0.1) is 5.75 Å². The Morgan fingerprint density at radius 1 is 1.25 bits per heavy atom. The van der Waals surface area contributed by atoms with Crippen molar-refractivity contribution in [3.05, 3.63) is 35.4 Å². The fourth-order valence-corrected chi connectivity index (χ4v) is 2.20. The van der Waals surface area contributed by atoms with Gasteiger partial charge in [-0.25, -0.2) is 8.42 Å². The van der Waals surface area contributed by atoms with Crippen molar-refractivity contribution >= 4 is 19.7 Å². The fraction of sp³-hybridized carbons (Fsp3) is 0.500. The van der Waals surface area contributed by atoms with Gasteiger partial charge in [0.15, 0.2) is 0 Å². The van der Waals surface area contributed by atoms with Crippen molar-refractivity contribution in [2.75, 3.05) is 5.75 Å². The summed E-state index contributed by atoms with van der Waals surface area (Å²) in [4.78, 5) is 0. The van der Waals surface area contributed by atoms with E-state index in [9.17, 15) is 8.42 Å².